The van der Waals surface area contributed by atoms with Crippen molar-refractivity contribution in [2.45, 2.75) is 37.9 Å². The lowest BCUT2D eigenvalue weighted by molar-refractivity contribution is -0.196. The number of nitrogens with zero attached hydrogens (tertiary/aromatic N) is 1. The molecule has 0 N–H and O–H groups in total. The van der Waals surface area contributed by atoms with E-state index in [2.05, 4.69) is 17.1 Å². The fourth-order valence-electron chi connectivity index (χ4n) is 3.61. The van der Waals surface area contributed by atoms with Crippen LogP contribution in [0.4, 0.5) is 5.69 Å². The molecule has 4 heteroatoms. The zero-order chi connectivity index (χ0) is 19.2. The first kappa shape index (κ1) is 18.4. The SMILES string of the molecule is COc1ccc(N=CC=C2C=C(c3ccccc3)OC3(CCCCC3)O2)cc1. The lowest BCUT2D eigenvalue weighted by Gasteiger charge is -2.41. The summed E-state index contributed by atoms with van der Waals surface area (Å²) in [5.74, 6) is 1.90. The predicted octanol–water partition coefficient (Wildman–Crippen LogP) is 6.03. The van der Waals surface area contributed by atoms with E-state index in [1.54, 1.807) is 13.3 Å². The lowest BCUT2D eigenvalue weighted by atomic mass is 9.93. The summed E-state index contributed by atoms with van der Waals surface area (Å²) in [7, 11) is 1.66. The fraction of sp³-hybridized carbons (Fsp3) is 0.292. The minimum Gasteiger partial charge on any atom is -0.497 e. The molecule has 2 aromatic carbocycles. The molecule has 0 saturated heterocycles. The summed E-state index contributed by atoms with van der Waals surface area (Å²) >= 11 is 0. The quantitative estimate of drug-likeness (QED) is 0.613. The van der Waals surface area contributed by atoms with Crippen LogP contribution in [-0.4, -0.2) is 19.1 Å². The number of rotatable bonds is 4. The molecular weight excluding hydrogens is 350 g/mol. The molecule has 2 aliphatic rings. The number of allylic oxidation sites excluding steroid dienone is 2. The summed E-state index contributed by atoms with van der Waals surface area (Å²) in [5, 5.41) is 0. The second-order valence-electron chi connectivity index (χ2n) is 7.10. The molecule has 0 radical (unpaired) electrons. The van der Waals surface area contributed by atoms with Crippen molar-refractivity contribution in [3.8, 4) is 5.75 Å². The maximum atomic E-state index is 6.36. The Morgan fingerprint density at radius 1 is 0.929 bits per heavy atom. The maximum Gasteiger partial charge on any atom is 0.251 e. The monoisotopic (exact) mass is 375 g/mol. The average Bonchev–Trinajstić information content (AvgIpc) is 2.75. The Bertz CT molecular complexity index is 876. The van der Waals surface area contributed by atoms with Crippen LogP contribution >= 0.6 is 0 Å². The van der Waals surface area contributed by atoms with Gasteiger partial charge < -0.3 is 14.2 Å². The van der Waals surface area contributed by atoms with Crippen LogP contribution in [0.5, 0.6) is 5.75 Å². The number of benzene rings is 2. The van der Waals surface area contributed by atoms with Crippen LogP contribution in [-0.2, 0) is 9.47 Å². The van der Waals surface area contributed by atoms with E-state index in [0.717, 1.165) is 54.2 Å². The Hall–Kier alpha value is -3.01. The summed E-state index contributed by atoms with van der Waals surface area (Å²) < 4.78 is 17.8. The zero-order valence-electron chi connectivity index (χ0n) is 16.1. The molecule has 28 heavy (non-hydrogen) atoms. The lowest BCUT2D eigenvalue weighted by Crippen LogP contribution is -2.39. The van der Waals surface area contributed by atoms with E-state index >= 15 is 0 Å². The van der Waals surface area contributed by atoms with E-state index in [1.165, 1.54) is 6.42 Å². The van der Waals surface area contributed by atoms with E-state index in [9.17, 15) is 0 Å². The van der Waals surface area contributed by atoms with Crippen molar-refractivity contribution in [3.63, 3.8) is 0 Å². The van der Waals surface area contributed by atoms with E-state index in [0.29, 0.717) is 0 Å². The van der Waals surface area contributed by atoms with Crippen LogP contribution in [0.1, 0.15) is 37.7 Å². The Balaban J connectivity index is 1.59. The fourth-order valence-corrected chi connectivity index (χ4v) is 3.61. The highest BCUT2D eigenvalue weighted by molar-refractivity contribution is 5.77. The molecule has 0 amide bonds. The minimum atomic E-state index is -0.558. The molecule has 0 unspecified atom stereocenters. The third-order valence-corrected chi connectivity index (χ3v) is 5.08. The van der Waals surface area contributed by atoms with Crippen LogP contribution in [0.2, 0.25) is 0 Å². The molecule has 0 atom stereocenters. The van der Waals surface area contributed by atoms with Gasteiger partial charge in [0.15, 0.2) is 0 Å². The van der Waals surface area contributed by atoms with E-state index in [4.69, 9.17) is 14.2 Å². The van der Waals surface area contributed by atoms with Gasteiger partial charge in [-0.1, -0.05) is 36.8 Å². The standard InChI is InChI=1S/C24H25NO3/c1-26-21-12-10-20(11-13-21)25-17-14-22-18-23(19-8-4-2-5-9-19)28-24(27-22)15-6-3-7-16-24/h2,4-5,8-14,17-18H,3,6-7,15-16H2,1H3. The van der Waals surface area contributed by atoms with Crippen LogP contribution < -0.4 is 4.74 Å². The van der Waals surface area contributed by atoms with Crippen molar-refractivity contribution in [1.82, 2.24) is 0 Å². The van der Waals surface area contributed by atoms with Gasteiger partial charge in [-0.15, -0.1) is 0 Å². The van der Waals surface area contributed by atoms with Crippen molar-refractivity contribution in [2.24, 2.45) is 4.99 Å². The van der Waals surface area contributed by atoms with Gasteiger partial charge in [0, 0.05) is 30.7 Å². The summed E-state index contributed by atoms with van der Waals surface area (Å²) in [6.45, 7) is 0. The molecule has 4 nitrogen and oxygen atoms in total. The largest absolute Gasteiger partial charge is 0.497 e. The van der Waals surface area contributed by atoms with E-state index in [-0.39, 0.29) is 0 Å². The Labute approximate surface area is 166 Å². The van der Waals surface area contributed by atoms with Crippen molar-refractivity contribution < 1.29 is 14.2 Å². The Kier molecular flexibility index (Phi) is 5.47. The van der Waals surface area contributed by atoms with Gasteiger partial charge in [0.2, 0.25) is 0 Å². The summed E-state index contributed by atoms with van der Waals surface area (Å²) in [4.78, 5) is 4.50. The third-order valence-electron chi connectivity index (χ3n) is 5.08. The first-order valence-corrected chi connectivity index (χ1v) is 9.80. The van der Waals surface area contributed by atoms with Crippen LogP contribution in [0.3, 0.4) is 0 Å². The van der Waals surface area contributed by atoms with E-state index in [1.807, 2.05) is 54.6 Å². The molecule has 1 fully saturated rings. The highest BCUT2D eigenvalue weighted by Crippen LogP contribution is 2.41. The van der Waals surface area contributed by atoms with Crippen molar-refractivity contribution in [2.75, 3.05) is 7.11 Å². The van der Waals surface area contributed by atoms with Gasteiger partial charge in [0.05, 0.1) is 12.8 Å². The molecule has 1 spiro atoms. The van der Waals surface area contributed by atoms with Gasteiger partial charge in [-0.05, 0) is 43.2 Å². The number of aliphatic imine (C=N–C) groups is 1. The third kappa shape index (κ3) is 4.28. The first-order valence-electron chi connectivity index (χ1n) is 9.80. The first-order chi connectivity index (χ1) is 13.8. The molecule has 144 valence electrons. The smallest absolute Gasteiger partial charge is 0.251 e. The van der Waals surface area contributed by atoms with Crippen LogP contribution in [0, 0.1) is 0 Å². The van der Waals surface area contributed by atoms with Crippen LogP contribution in [0.15, 0.2) is 77.5 Å². The van der Waals surface area contributed by atoms with Gasteiger partial charge >= 0.3 is 0 Å². The number of ether oxygens (including phenoxy) is 3. The van der Waals surface area contributed by atoms with Crippen LogP contribution in [0.25, 0.3) is 5.76 Å². The molecule has 2 aromatic rings. The molecule has 1 aliphatic carbocycles. The van der Waals surface area contributed by atoms with Crippen molar-refractivity contribution in [1.29, 1.82) is 0 Å². The van der Waals surface area contributed by atoms with Gasteiger partial charge in [-0.3, -0.25) is 4.99 Å². The second-order valence-corrected chi connectivity index (χ2v) is 7.10. The number of hydrogen-bond acceptors (Lipinski definition) is 4. The molecule has 4 rings (SSSR count). The zero-order valence-corrected chi connectivity index (χ0v) is 16.1. The highest BCUT2D eigenvalue weighted by Gasteiger charge is 2.40. The molecule has 0 aromatic heterocycles. The predicted molar refractivity (Wildman–Crippen MR) is 112 cm³/mol. The highest BCUT2D eigenvalue weighted by atomic mass is 16.7. The minimum absolute atomic E-state index is 0.558. The maximum absolute atomic E-state index is 6.36. The topological polar surface area (TPSA) is 40.0 Å². The normalized spacial score (nSPS) is 19.9. The summed E-state index contributed by atoms with van der Waals surface area (Å²) in [6, 6.07) is 17.8. The van der Waals surface area contributed by atoms with E-state index < -0.39 is 5.79 Å². The molecular formula is C24H25NO3. The molecule has 0 bridgehead atoms. The number of hydrogen-bond donors (Lipinski definition) is 0. The average molecular weight is 375 g/mol. The number of methoxy groups -OCH3 is 1. The summed E-state index contributed by atoms with van der Waals surface area (Å²) in [6.07, 6.45) is 10.9. The Morgan fingerprint density at radius 2 is 1.68 bits per heavy atom. The van der Waals surface area contributed by atoms with Crippen molar-refractivity contribution in [3.05, 3.63) is 78.1 Å². The molecule has 1 aliphatic heterocycles. The Morgan fingerprint density at radius 3 is 2.39 bits per heavy atom. The van der Waals surface area contributed by atoms with Crippen molar-refractivity contribution >= 4 is 17.7 Å². The van der Waals surface area contributed by atoms with Gasteiger partial charge in [-0.25, -0.2) is 0 Å². The van der Waals surface area contributed by atoms with Gasteiger partial charge in [-0.2, -0.15) is 0 Å². The van der Waals surface area contributed by atoms with Gasteiger partial charge in [0.1, 0.15) is 17.3 Å². The van der Waals surface area contributed by atoms with Gasteiger partial charge in [0.25, 0.3) is 5.79 Å². The molecule has 1 saturated carbocycles. The molecule has 1 heterocycles. The summed E-state index contributed by atoms with van der Waals surface area (Å²) in [5.41, 5.74) is 1.93. The second kappa shape index (κ2) is 8.34.